The second kappa shape index (κ2) is 3.92. The van der Waals surface area contributed by atoms with Crippen LogP contribution in [0.1, 0.15) is 45.1 Å². The van der Waals surface area contributed by atoms with Gasteiger partial charge in [-0.05, 0) is 33.6 Å². The third kappa shape index (κ3) is 1.88. The number of aromatic hydroxyl groups is 1. The van der Waals surface area contributed by atoms with Gasteiger partial charge < -0.3 is 15.6 Å². The molecule has 0 unspecified atom stereocenters. The first-order chi connectivity index (χ1) is 8.88. The molecule has 2 atom stereocenters. The van der Waals surface area contributed by atoms with E-state index in [1.807, 2.05) is 6.07 Å². The lowest BCUT2D eigenvalue weighted by atomic mass is 9.68. The minimum absolute atomic E-state index is 0.227. The van der Waals surface area contributed by atoms with Crippen LogP contribution < -0.4 is 10.5 Å². The van der Waals surface area contributed by atoms with E-state index in [1.165, 1.54) is 5.57 Å². The molecule has 0 saturated heterocycles. The molecule has 1 heterocycles. The molecule has 1 aliphatic heterocycles. The first-order valence-corrected chi connectivity index (χ1v) is 6.87. The lowest BCUT2D eigenvalue weighted by Gasteiger charge is -2.46. The van der Waals surface area contributed by atoms with Crippen molar-refractivity contribution in [1.29, 1.82) is 0 Å². The average Bonchev–Trinajstić information content (AvgIpc) is 2.25. The van der Waals surface area contributed by atoms with Gasteiger partial charge in [0.1, 0.15) is 17.1 Å². The van der Waals surface area contributed by atoms with Crippen LogP contribution in [0, 0.1) is 5.92 Å². The summed E-state index contributed by atoms with van der Waals surface area (Å²) in [5, 5.41) is 10.2. The predicted molar refractivity (Wildman–Crippen MR) is 76.4 cm³/mol. The highest BCUT2D eigenvalue weighted by Gasteiger charge is 2.45. The van der Waals surface area contributed by atoms with Crippen molar-refractivity contribution in [1.82, 2.24) is 0 Å². The molecule has 102 valence electrons. The zero-order valence-electron chi connectivity index (χ0n) is 11.7. The summed E-state index contributed by atoms with van der Waals surface area (Å²) < 4.78 is 6.12. The van der Waals surface area contributed by atoms with Gasteiger partial charge >= 0.3 is 0 Å². The normalized spacial score (nSPS) is 27.8. The molecular formula is C16H21NO2. The van der Waals surface area contributed by atoms with Gasteiger partial charge in [-0.2, -0.15) is 0 Å². The van der Waals surface area contributed by atoms with Crippen LogP contribution >= 0.6 is 0 Å². The van der Waals surface area contributed by atoms with Gasteiger partial charge in [-0.1, -0.05) is 11.6 Å². The maximum atomic E-state index is 10.2. The summed E-state index contributed by atoms with van der Waals surface area (Å²) >= 11 is 0. The van der Waals surface area contributed by atoms with E-state index in [0.29, 0.717) is 11.6 Å². The van der Waals surface area contributed by atoms with Crippen molar-refractivity contribution in [3.63, 3.8) is 0 Å². The van der Waals surface area contributed by atoms with Crippen molar-refractivity contribution in [2.75, 3.05) is 5.73 Å². The summed E-state index contributed by atoms with van der Waals surface area (Å²) in [5.41, 5.74) is 8.42. The molecule has 1 aromatic rings. The Morgan fingerprint density at radius 2 is 2.11 bits per heavy atom. The van der Waals surface area contributed by atoms with E-state index < -0.39 is 0 Å². The van der Waals surface area contributed by atoms with Crippen LogP contribution in [0.15, 0.2) is 23.8 Å². The van der Waals surface area contributed by atoms with Crippen LogP contribution in [0.2, 0.25) is 0 Å². The minimum atomic E-state index is -0.227. The third-order valence-corrected chi connectivity index (χ3v) is 4.49. The molecule has 3 rings (SSSR count). The van der Waals surface area contributed by atoms with Gasteiger partial charge in [0.05, 0.1) is 0 Å². The van der Waals surface area contributed by atoms with E-state index in [2.05, 4.69) is 26.8 Å². The summed E-state index contributed by atoms with van der Waals surface area (Å²) in [6.45, 7) is 6.41. The molecule has 0 bridgehead atoms. The van der Waals surface area contributed by atoms with Crippen molar-refractivity contribution in [2.45, 2.75) is 45.1 Å². The van der Waals surface area contributed by atoms with Gasteiger partial charge in [0.2, 0.25) is 0 Å². The quantitative estimate of drug-likeness (QED) is 0.553. The second-order valence-electron chi connectivity index (χ2n) is 6.34. The van der Waals surface area contributed by atoms with E-state index in [4.69, 9.17) is 10.5 Å². The molecule has 0 fully saturated rings. The second-order valence-corrected chi connectivity index (χ2v) is 6.34. The van der Waals surface area contributed by atoms with Gasteiger partial charge in [-0.25, -0.2) is 0 Å². The number of fused-ring (bicyclic) bond motifs is 3. The van der Waals surface area contributed by atoms with E-state index in [-0.39, 0.29) is 17.3 Å². The van der Waals surface area contributed by atoms with Gasteiger partial charge in [0, 0.05) is 35.2 Å². The Morgan fingerprint density at radius 1 is 1.37 bits per heavy atom. The van der Waals surface area contributed by atoms with E-state index >= 15 is 0 Å². The lowest BCUT2D eigenvalue weighted by Crippen LogP contribution is -2.45. The monoisotopic (exact) mass is 259 g/mol. The Morgan fingerprint density at radius 3 is 2.84 bits per heavy atom. The van der Waals surface area contributed by atoms with Gasteiger partial charge in [0.15, 0.2) is 0 Å². The molecule has 0 amide bonds. The topological polar surface area (TPSA) is 55.5 Å². The molecule has 1 aromatic carbocycles. The smallest absolute Gasteiger partial charge is 0.129 e. The number of allylic oxidation sites excluding steroid dienone is 2. The highest BCUT2D eigenvalue weighted by atomic mass is 16.5. The molecule has 0 radical (unpaired) electrons. The Balaban J connectivity index is 2.21. The van der Waals surface area contributed by atoms with E-state index in [9.17, 15) is 5.11 Å². The van der Waals surface area contributed by atoms with Gasteiger partial charge in [0.25, 0.3) is 0 Å². The predicted octanol–water partition coefficient (Wildman–Crippen LogP) is 3.59. The lowest BCUT2D eigenvalue weighted by molar-refractivity contribution is 0.0109. The number of nitrogen functional groups attached to an aromatic ring is 1. The summed E-state index contributed by atoms with van der Waals surface area (Å²) in [6, 6.07) is 3.44. The summed E-state index contributed by atoms with van der Waals surface area (Å²) in [4.78, 5) is 0. The Hall–Kier alpha value is -1.64. The SMILES string of the molecule is CC1=C[C@H]2c3c(O)cc(N)cc3OC(C)(C)[C@H]2CC1. The zero-order chi connectivity index (χ0) is 13.8. The van der Waals surface area contributed by atoms with Crippen molar-refractivity contribution < 1.29 is 9.84 Å². The third-order valence-electron chi connectivity index (χ3n) is 4.49. The Kier molecular flexibility index (Phi) is 2.56. The highest BCUT2D eigenvalue weighted by Crippen LogP contribution is 2.53. The van der Waals surface area contributed by atoms with Crippen LogP contribution in [-0.2, 0) is 0 Å². The number of phenols is 1. The number of nitrogens with two attached hydrogens (primary N) is 1. The average molecular weight is 259 g/mol. The van der Waals surface area contributed by atoms with Crippen molar-refractivity contribution in [2.24, 2.45) is 5.92 Å². The first-order valence-electron chi connectivity index (χ1n) is 6.87. The molecular weight excluding hydrogens is 238 g/mol. The summed E-state index contributed by atoms with van der Waals surface area (Å²) in [6.07, 6.45) is 4.50. The van der Waals surface area contributed by atoms with Crippen LogP contribution in [0.5, 0.6) is 11.5 Å². The maximum absolute atomic E-state index is 10.2. The minimum Gasteiger partial charge on any atom is -0.507 e. The van der Waals surface area contributed by atoms with Gasteiger partial charge in [-0.3, -0.25) is 0 Å². The molecule has 3 N–H and O–H groups in total. The molecule has 0 aromatic heterocycles. The van der Waals surface area contributed by atoms with Crippen LogP contribution in [0.4, 0.5) is 5.69 Å². The van der Waals surface area contributed by atoms with Crippen molar-refractivity contribution in [3.05, 3.63) is 29.3 Å². The van der Waals surface area contributed by atoms with Gasteiger partial charge in [-0.15, -0.1) is 0 Å². The Labute approximate surface area is 114 Å². The zero-order valence-corrected chi connectivity index (χ0v) is 11.7. The highest BCUT2D eigenvalue weighted by molar-refractivity contribution is 5.59. The first kappa shape index (κ1) is 12.4. The fourth-order valence-electron chi connectivity index (χ4n) is 3.54. The number of phenolic OH excluding ortho intramolecular Hbond substituents is 1. The van der Waals surface area contributed by atoms with Crippen molar-refractivity contribution >= 4 is 5.69 Å². The number of anilines is 1. The fraction of sp³-hybridized carbons (Fsp3) is 0.500. The van der Waals surface area contributed by atoms with Crippen LogP contribution in [0.3, 0.4) is 0 Å². The Bertz CT molecular complexity index is 560. The standard InChI is InChI=1S/C16H21NO2/c1-9-4-5-12-11(6-9)15-13(18)7-10(17)8-14(15)19-16(12,2)3/h6-8,11-12,18H,4-5,17H2,1-3H3/t11-,12+/m1/s1. The molecule has 3 heteroatoms. The van der Waals surface area contributed by atoms with Crippen molar-refractivity contribution in [3.8, 4) is 11.5 Å². The number of ether oxygens (including phenoxy) is 1. The largest absolute Gasteiger partial charge is 0.507 e. The summed E-state index contributed by atoms with van der Waals surface area (Å²) in [5.74, 6) is 1.62. The number of hydrogen-bond donors (Lipinski definition) is 2. The molecule has 3 nitrogen and oxygen atoms in total. The maximum Gasteiger partial charge on any atom is 0.129 e. The molecule has 19 heavy (non-hydrogen) atoms. The van der Waals surface area contributed by atoms with E-state index in [1.54, 1.807) is 6.07 Å². The molecule has 0 saturated carbocycles. The summed E-state index contributed by atoms with van der Waals surface area (Å²) in [7, 11) is 0. The molecule has 2 aliphatic rings. The number of rotatable bonds is 0. The molecule has 0 spiro atoms. The number of hydrogen-bond acceptors (Lipinski definition) is 3. The van der Waals surface area contributed by atoms with Crippen LogP contribution in [-0.4, -0.2) is 10.7 Å². The van der Waals surface area contributed by atoms with Crippen LogP contribution in [0.25, 0.3) is 0 Å². The number of benzene rings is 1. The fourth-order valence-corrected chi connectivity index (χ4v) is 3.54. The van der Waals surface area contributed by atoms with E-state index in [0.717, 1.165) is 24.2 Å². The molecule has 1 aliphatic carbocycles.